The number of nitrogens with one attached hydrogen (secondary N) is 1. The lowest BCUT2D eigenvalue weighted by Gasteiger charge is -2.15. The van der Waals surface area contributed by atoms with Gasteiger partial charge in [0, 0.05) is 17.6 Å². The molecule has 0 aromatic heterocycles. The van der Waals surface area contributed by atoms with Crippen molar-refractivity contribution in [2.45, 2.75) is 32.1 Å². The first-order valence-corrected chi connectivity index (χ1v) is 8.12. The van der Waals surface area contributed by atoms with Gasteiger partial charge in [0.25, 0.3) is 0 Å². The van der Waals surface area contributed by atoms with Crippen molar-refractivity contribution in [3.05, 3.63) is 34.9 Å². The first kappa shape index (κ1) is 15.5. The summed E-state index contributed by atoms with van der Waals surface area (Å²) in [5.74, 6) is 0.169. The first-order chi connectivity index (χ1) is 8.33. The Morgan fingerprint density at radius 3 is 2.22 bits per heavy atom. The first-order valence-electron chi connectivity index (χ1n) is 6.03. The largest absolute Gasteiger partial charge is 0.309 e. The van der Waals surface area contributed by atoms with E-state index in [1.165, 1.54) is 0 Å². The van der Waals surface area contributed by atoms with Gasteiger partial charge in [0.1, 0.15) is 0 Å². The molecule has 1 unspecified atom stereocenters. The normalized spacial score (nSPS) is 13.8. The molecule has 0 bridgehead atoms. The Morgan fingerprint density at radius 2 is 1.72 bits per heavy atom. The second-order valence-electron chi connectivity index (χ2n) is 4.64. The van der Waals surface area contributed by atoms with Gasteiger partial charge in [-0.2, -0.15) is 0 Å². The van der Waals surface area contributed by atoms with Crippen LogP contribution in [0.1, 0.15) is 32.4 Å². The summed E-state index contributed by atoms with van der Waals surface area (Å²) in [6.07, 6.45) is 0. The lowest BCUT2D eigenvalue weighted by molar-refractivity contribution is 0.566. The fourth-order valence-corrected chi connectivity index (χ4v) is 2.52. The highest BCUT2D eigenvalue weighted by atomic mass is 35.5. The van der Waals surface area contributed by atoms with E-state index in [2.05, 4.69) is 5.32 Å². The number of hydrogen-bond donors (Lipinski definition) is 1. The minimum Gasteiger partial charge on any atom is -0.309 e. The van der Waals surface area contributed by atoms with Crippen LogP contribution in [0.4, 0.5) is 0 Å². The zero-order valence-electron chi connectivity index (χ0n) is 11.0. The van der Waals surface area contributed by atoms with Crippen molar-refractivity contribution >= 4 is 21.4 Å². The van der Waals surface area contributed by atoms with Crippen LogP contribution in [0, 0.1) is 0 Å². The van der Waals surface area contributed by atoms with Crippen LogP contribution < -0.4 is 5.32 Å². The van der Waals surface area contributed by atoms with Gasteiger partial charge in [-0.15, -0.1) is 0 Å². The van der Waals surface area contributed by atoms with Gasteiger partial charge in [-0.25, -0.2) is 8.42 Å². The van der Waals surface area contributed by atoms with Gasteiger partial charge in [0.15, 0.2) is 9.84 Å². The molecule has 0 heterocycles. The summed E-state index contributed by atoms with van der Waals surface area (Å²) in [6, 6.07) is 7.66. The zero-order chi connectivity index (χ0) is 13.8. The molecule has 0 aliphatic heterocycles. The molecule has 3 nitrogen and oxygen atoms in total. The van der Waals surface area contributed by atoms with Crippen LogP contribution in [-0.4, -0.2) is 26.0 Å². The van der Waals surface area contributed by atoms with Crippen molar-refractivity contribution in [3.8, 4) is 0 Å². The lowest BCUT2D eigenvalue weighted by atomic mass is 10.1. The summed E-state index contributed by atoms with van der Waals surface area (Å²) in [4.78, 5) is 0. The van der Waals surface area contributed by atoms with Crippen molar-refractivity contribution in [2.75, 3.05) is 12.3 Å². The minimum absolute atomic E-state index is 0.115. The SMILES string of the molecule is CC(NCCS(=O)(=O)C(C)C)c1ccc(Cl)cc1. The van der Waals surface area contributed by atoms with Gasteiger partial charge < -0.3 is 5.32 Å². The summed E-state index contributed by atoms with van der Waals surface area (Å²) >= 11 is 5.82. The highest BCUT2D eigenvalue weighted by Crippen LogP contribution is 2.15. The summed E-state index contributed by atoms with van der Waals surface area (Å²) in [5.41, 5.74) is 1.10. The van der Waals surface area contributed by atoms with Gasteiger partial charge in [-0.1, -0.05) is 23.7 Å². The molecule has 102 valence electrons. The van der Waals surface area contributed by atoms with Crippen molar-refractivity contribution in [1.29, 1.82) is 0 Å². The lowest BCUT2D eigenvalue weighted by Crippen LogP contribution is -2.28. The zero-order valence-corrected chi connectivity index (χ0v) is 12.6. The van der Waals surface area contributed by atoms with E-state index < -0.39 is 9.84 Å². The molecule has 0 saturated carbocycles. The standard InChI is InChI=1S/C13H20ClNO2S/c1-10(2)18(16,17)9-8-15-11(3)12-4-6-13(14)7-5-12/h4-7,10-11,15H,8-9H2,1-3H3. The Hall–Kier alpha value is -0.580. The quantitative estimate of drug-likeness (QED) is 0.876. The topological polar surface area (TPSA) is 46.2 Å². The van der Waals surface area contributed by atoms with E-state index in [1.807, 2.05) is 31.2 Å². The predicted octanol–water partition coefficient (Wildman–Crippen LogP) is 2.81. The highest BCUT2D eigenvalue weighted by molar-refractivity contribution is 7.92. The van der Waals surface area contributed by atoms with E-state index in [-0.39, 0.29) is 17.0 Å². The van der Waals surface area contributed by atoms with Gasteiger partial charge in [0.2, 0.25) is 0 Å². The van der Waals surface area contributed by atoms with Gasteiger partial charge >= 0.3 is 0 Å². The molecule has 0 amide bonds. The van der Waals surface area contributed by atoms with Crippen LogP contribution in [0.5, 0.6) is 0 Å². The molecule has 1 atom stereocenters. The van der Waals surface area contributed by atoms with Gasteiger partial charge in [-0.05, 0) is 38.5 Å². The fraction of sp³-hybridized carbons (Fsp3) is 0.538. The average molecular weight is 290 g/mol. The number of rotatable bonds is 6. The molecule has 0 saturated heterocycles. The molecule has 1 aromatic carbocycles. The molecule has 1 rings (SSSR count). The Bertz CT molecular complexity index is 468. The van der Waals surface area contributed by atoms with Crippen molar-refractivity contribution in [1.82, 2.24) is 5.32 Å². The fourth-order valence-electron chi connectivity index (χ4n) is 1.52. The third-order valence-electron chi connectivity index (χ3n) is 2.93. The molecular formula is C13H20ClNO2S. The maximum Gasteiger partial charge on any atom is 0.153 e. The molecule has 0 spiro atoms. The van der Waals surface area contributed by atoms with Crippen LogP contribution in [-0.2, 0) is 9.84 Å². The van der Waals surface area contributed by atoms with Crippen LogP contribution in [0.25, 0.3) is 0 Å². The van der Waals surface area contributed by atoms with E-state index in [9.17, 15) is 8.42 Å². The molecule has 0 aliphatic rings. The maximum absolute atomic E-state index is 11.6. The predicted molar refractivity (Wildman–Crippen MR) is 76.8 cm³/mol. The van der Waals surface area contributed by atoms with E-state index in [0.29, 0.717) is 11.6 Å². The second-order valence-corrected chi connectivity index (χ2v) is 7.76. The Balaban J connectivity index is 2.47. The van der Waals surface area contributed by atoms with Gasteiger partial charge in [-0.3, -0.25) is 0 Å². The van der Waals surface area contributed by atoms with Crippen molar-refractivity contribution in [2.24, 2.45) is 0 Å². The number of hydrogen-bond acceptors (Lipinski definition) is 3. The van der Waals surface area contributed by atoms with E-state index in [4.69, 9.17) is 11.6 Å². The maximum atomic E-state index is 11.6. The highest BCUT2D eigenvalue weighted by Gasteiger charge is 2.15. The molecule has 1 N–H and O–H groups in total. The Morgan fingerprint density at radius 1 is 1.17 bits per heavy atom. The molecule has 0 aliphatic carbocycles. The minimum atomic E-state index is -2.97. The molecular weight excluding hydrogens is 270 g/mol. The third-order valence-corrected chi connectivity index (χ3v) is 5.39. The van der Waals surface area contributed by atoms with Gasteiger partial charge in [0.05, 0.1) is 11.0 Å². The van der Waals surface area contributed by atoms with E-state index in [0.717, 1.165) is 5.56 Å². The summed E-state index contributed by atoms with van der Waals surface area (Å²) in [6.45, 7) is 5.88. The molecule has 0 radical (unpaired) electrons. The number of sulfone groups is 1. The monoisotopic (exact) mass is 289 g/mol. The van der Waals surface area contributed by atoms with Crippen LogP contribution in [0.15, 0.2) is 24.3 Å². The Kier molecular flexibility index (Phi) is 5.63. The third kappa shape index (κ3) is 4.59. The number of halogens is 1. The van der Waals surface area contributed by atoms with Crippen molar-refractivity contribution in [3.63, 3.8) is 0 Å². The average Bonchev–Trinajstić information content (AvgIpc) is 2.29. The second kappa shape index (κ2) is 6.55. The van der Waals surface area contributed by atoms with E-state index in [1.54, 1.807) is 13.8 Å². The van der Waals surface area contributed by atoms with Crippen LogP contribution >= 0.6 is 11.6 Å². The molecule has 18 heavy (non-hydrogen) atoms. The van der Waals surface area contributed by atoms with E-state index >= 15 is 0 Å². The number of benzene rings is 1. The Labute approximate surface area is 114 Å². The smallest absolute Gasteiger partial charge is 0.153 e. The van der Waals surface area contributed by atoms with Crippen LogP contribution in [0.3, 0.4) is 0 Å². The molecule has 5 heteroatoms. The molecule has 1 aromatic rings. The summed E-state index contributed by atoms with van der Waals surface area (Å²) in [5, 5.41) is 3.59. The van der Waals surface area contributed by atoms with Crippen LogP contribution in [0.2, 0.25) is 5.02 Å². The molecule has 0 fully saturated rings. The summed E-state index contributed by atoms with van der Waals surface area (Å²) < 4.78 is 23.3. The van der Waals surface area contributed by atoms with Crippen molar-refractivity contribution < 1.29 is 8.42 Å². The summed E-state index contributed by atoms with van der Waals surface area (Å²) in [7, 11) is -2.97.